The van der Waals surface area contributed by atoms with Crippen molar-refractivity contribution in [3.05, 3.63) is 23.8 Å². The van der Waals surface area contributed by atoms with Gasteiger partial charge in [0.2, 0.25) is 0 Å². The highest BCUT2D eigenvalue weighted by atomic mass is 16.5. The molecule has 116 valence electrons. The van der Waals surface area contributed by atoms with E-state index in [-0.39, 0.29) is 0 Å². The van der Waals surface area contributed by atoms with Gasteiger partial charge in [0, 0.05) is 25.7 Å². The van der Waals surface area contributed by atoms with Crippen LogP contribution in [0.4, 0.5) is 5.69 Å². The van der Waals surface area contributed by atoms with E-state index in [4.69, 9.17) is 9.47 Å². The fourth-order valence-electron chi connectivity index (χ4n) is 3.29. The molecule has 1 heterocycles. The van der Waals surface area contributed by atoms with Crippen molar-refractivity contribution >= 4 is 5.69 Å². The third-order valence-electron chi connectivity index (χ3n) is 4.55. The normalized spacial score (nSPS) is 20.0. The van der Waals surface area contributed by atoms with Crippen LogP contribution in [0.3, 0.4) is 0 Å². The predicted octanol–water partition coefficient (Wildman–Crippen LogP) is 2.56. The van der Waals surface area contributed by atoms with Gasteiger partial charge in [0.05, 0.1) is 26.0 Å². The van der Waals surface area contributed by atoms with Crippen molar-refractivity contribution < 1.29 is 9.47 Å². The Labute approximate surface area is 127 Å². The van der Waals surface area contributed by atoms with Crippen LogP contribution in [0.25, 0.3) is 0 Å². The number of ether oxygens (including phenoxy) is 2. The minimum atomic E-state index is 0.704. The molecule has 1 saturated heterocycles. The highest BCUT2D eigenvalue weighted by Gasteiger charge is 2.17. The minimum Gasteiger partial charge on any atom is -0.495 e. The minimum absolute atomic E-state index is 0.704. The summed E-state index contributed by atoms with van der Waals surface area (Å²) in [7, 11) is 1.76. The largest absolute Gasteiger partial charge is 0.495 e. The lowest BCUT2D eigenvalue weighted by atomic mass is 10.1. The molecule has 1 aliphatic heterocycles. The molecule has 3 rings (SSSR count). The second-order valence-corrected chi connectivity index (χ2v) is 5.97. The first-order valence-corrected chi connectivity index (χ1v) is 8.10. The number of methoxy groups -OCH3 is 1. The summed E-state index contributed by atoms with van der Waals surface area (Å²) in [5.41, 5.74) is 2.49. The van der Waals surface area contributed by atoms with Gasteiger partial charge in [-0.2, -0.15) is 0 Å². The van der Waals surface area contributed by atoms with Crippen LogP contribution in [0.2, 0.25) is 0 Å². The lowest BCUT2D eigenvalue weighted by Gasteiger charge is -2.30. The Morgan fingerprint density at radius 3 is 2.71 bits per heavy atom. The number of anilines is 1. The second kappa shape index (κ2) is 7.14. The summed E-state index contributed by atoms with van der Waals surface area (Å²) in [5, 5.41) is 3.66. The van der Waals surface area contributed by atoms with Crippen LogP contribution in [0.15, 0.2) is 18.2 Å². The van der Waals surface area contributed by atoms with E-state index in [9.17, 15) is 0 Å². The lowest BCUT2D eigenvalue weighted by Crippen LogP contribution is -2.36. The molecule has 1 aliphatic carbocycles. The fourth-order valence-corrected chi connectivity index (χ4v) is 3.29. The van der Waals surface area contributed by atoms with Crippen molar-refractivity contribution in [2.24, 2.45) is 0 Å². The first-order valence-electron chi connectivity index (χ1n) is 8.10. The first kappa shape index (κ1) is 14.7. The zero-order valence-electron chi connectivity index (χ0n) is 12.9. The number of morpholine rings is 1. The monoisotopic (exact) mass is 290 g/mol. The summed E-state index contributed by atoms with van der Waals surface area (Å²) in [4.78, 5) is 2.34. The van der Waals surface area contributed by atoms with Crippen LogP contribution in [-0.2, 0) is 11.3 Å². The Balaban J connectivity index is 1.65. The van der Waals surface area contributed by atoms with Crippen molar-refractivity contribution in [2.75, 3.05) is 38.3 Å². The van der Waals surface area contributed by atoms with E-state index < -0.39 is 0 Å². The third kappa shape index (κ3) is 3.69. The van der Waals surface area contributed by atoms with Crippen molar-refractivity contribution in [3.8, 4) is 5.75 Å². The molecule has 2 fully saturated rings. The lowest BCUT2D eigenvalue weighted by molar-refractivity contribution is 0.122. The van der Waals surface area contributed by atoms with Crippen LogP contribution in [0.1, 0.15) is 31.2 Å². The van der Waals surface area contributed by atoms with Crippen LogP contribution in [-0.4, -0.2) is 39.5 Å². The van der Waals surface area contributed by atoms with Gasteiger partial charge < -0.3 is 19.7 Å². The SMILES string of the molecule is COc1cc(CNC2CCCC2)ccc1N1CCOCC1. The summed E-state index contributed by atoms with van der Waals surface area (Å²) < 4.78 is 11.0. The zero-order chi connectivity index (χ0) is 14.5. The number of nitrogens with zero attached hydrogens (tertiary/aromatic N) is 1. The number of hydrogen-bond acceptors (Lipinski definition) is 4. The second-order valence-electron chi connectivity index (χ2n) is 5.97. The summed E-state index contributed by atoms with van der Waals surface area (Å²) >= 11 is 0. The number of nitrogens with one attached hydrogen (secondary N) is 1. The molecular formula is C17H26N2O2. The van der Waals surface area contributed by atoms with E-state index in [2.05, 4.69) is 28.4 Å². The maximum atomic E-state index is 5.60. The van der Waals surface area contributed by atoms with Crippen LogP contribution in [0, 0.1) is 0 Å². The molecule has 0 aromatic heterocycles. The molecule has 0 atom stereocenters. The Morgan fingerprint density at radius 2 is 2.00 bits per heavy atom. The quantitative estimate of drug-likeness (QED) is 0.903. The Bertz CT molecular complexity index is 452. The van der Waals surface area contributed by atoms with Crippen molar-refractivity contribution in [1.82, 2.24) is 5.32 Å². The Hall–Kier alpha value is -1.26. The average molecular weight is 290 g/mol. The molecule has 1 N–H and O–H groups in total. The standard InChI is InChI=1S/C17H26N2O2/c1-20-17-12-14(13-18-15-4-2-3-5-15)6-7-16(17)19-8-10-21-11-9-19/h6-7,12,15,18H,2-5,8-11,13H2,1H3. The molecule has 1 aromatic rings. The van der Waals surface area contributed by atoms with E-state index in [1.807, 2.05) is 0 Å². The van der Waals surface area contributed by atoms with Gasteiger partial charge in [-0.25, -0.2) is 0 Å². The Morgan fingerprint density at radius 1 is 1.24 bits per heavy atom. The van der Waals surface area contributed by atoms with Crippen LogP contribution < -0.4 is 15.0 Å². The van der Waals surface area contributed by atoms with Crippen molar-refractivity contribution in [3.63, 3.8) is 0 Å². The molecule has 21 heavy (non-hydrogen) atoms. The molecule has 4 heteroatoms. The molecule has 0 unspecified atom stereocenters. The fraction of sp³-hybridized carbons (Fsp3) is 0.647. The summed E-state index contributed by atoms with van der Waals surface area (Å²) in [6, 6.07) is 7.28. The molecular weight excluding hydrogens is 264 g/mol. The molecule has 1 saturated carbocycles. The number of benzene rings is 1. The van der Waals surface area contributed by atoms with E-state index >= 15 is 0 Å². The van der Waals surface area contributed by atoms with Gasteiger partial charge in [-0.3, -0.25) is 0 Å². The maximum absolute atomic E-state index is 5.60. The van der Waals surface area contributed by atoms with Gasteiger partial charge in [0.1, 0.15) is 5.75 Å². The molecule has 0 bridgehead atoms. The molecule has 0 radical (unpaired) electrons. The molecule has 4 nitrogen and oxygen atoms in total. The smallest absolute Gasteiger partial charge is 0.142 e. The van der Waals surface area contributed by atoms with Gasteiger partial charge in [-0.15, -0.1) is 0 Å². The van der Waals surface area contributed by atoms with Gasteiger partial charge in [0.15, 0.2) is 0 Å². The van der Waals surface area contributed by atoms with Gasteiger partial charge in [-0.05, 0) is 30.5 Å². The molecule has 0 amide bonds. The molecule has 2 aliphatic rings. The van der Waals surface area contributed by atoms with E-state index in [0.29, 0.717) is 6.04 Å². The van der Waals surface area contributed by atoms with Gasteiger partial charge >= 0.3 is 0 Å². The van der Waals surface area contributed by atoms with Crippen LogP contribution >= 0.6 is 0 Å². The van der Waals surface area contributed by atoms with Crippen molar-refractivity contribution in [2.45, 2.75) is 38.3 Å². The van der Waals surface area contributed by atoms with Gasteiger partial charge in [0.25, 0.3) is 0 Å². The summed E-state index contributed by atoms with van der Waals surface area (Å²) in [5.74, 6) is 0.975. The van der Waals surface area contributed by atoms with Crippen molar-refractivity contribution in [1.29, 1.82) is 0 Å². The maximum Gasteiger partial charge on any atom is 0.142 e. The molecule has 0 spiro atoms. The van der Waals surface area contributed by atoms with E-state index in [1.165, 1.54) is 36.9 Å². The predicted molar refractivity (Wildman–Crippen MR) is 85.1 cm³/mol. The zero-order valence-corrected chi connectivity index (χ0v) is 12.9. The highest BCUT2D eigenvalue weighted by molar-refractivity contribution is 5.60. The first-order chi connectivity index (χ1) is 10.4. The van der Waals surface area contributed by atoms with E-state index in [1.54, 1.807) is 7.11 Å². The molecule has 1 aromatic carbocycles. The number of hydrogen-bond donors (Lipinski definition) is 1. The average Bonchev–Trinajstić information content (AvgIpc) is 3.07. The third-order valence-corrected chi connectivity index (χ3v) is 4.55. The van der Waals surface area contributed by atoms with Crippen LogP contribution in [0.5, 0.6) is 5.75 Å². The number of rotatable bonds is 5. The highest BCUT2D eigenvalue weighted by Crippen LogP contribution is 2.30. The topological polar surface area (TPSA) is 33.7 Å². The van der Waals surface area contributed by atoms with Gasteiger partial charge in [-0.1, -0.05) is 18.9 Å². The summed E-state index contributed by atoms with van der Waals surface area (Å²) in [6.07, 6.45) is 5.39. The van der Waals surface area contributed by atoms with E-state index in [0.717, 1.165) is 38.6 Å². The Kier molecular flexibility index (Phi) is 4.99. The summed E-state index contributed by atoms with van der Waals surface area (Å²) in [6.45, 7) is 4.42.